The number of rotatable bonds is 4. The maximum Gasteiger partial charge on any atom is 0.0493 e. The van der Waals surface area contributed by atoms with Crippen LogP contribution in [0.15, 0.2) is 84.9 Å². The summed E-state index contributed by atoms with van der Waals surface area (Å²) in [6, 6.07) is 31.7. The molecule has 0 heterocycles. The molecule has 4 aromatic carbocycles. The van der Waals surface area contributed by atoms with Gasteiger partial charge in [0.25, 0.3) is 0 Å². The molecule has 0 spiro atoms. The molecule has 0 aromatic heterocycles. The third kappa shape index (κ3) is 3.38. The van der Waals surface area contributed by atoms with Crippen molar-refractivity contribution in [1.29, 1.82) is 0 Å². The molecule has 5 rings (SSSR count). The molecule has 0 radical (unpaired) electrons. The molecule has 33 heavy (non-hydrogen) atoms. The maximum atomic E-state index is 2.48. The summed E-state index contributed by atoms with van der Waals surface area (Å²) in [6.45, 7) is 13.7. The van der Waals surface area contributed by atoms with Crippen LogP contribution >= 0.6 is 0 Å². The lowest BCUT2D eigenvalue weighted by molar-refractivity contribution is 0.660. The van der Waals surface area contributed by atoms with Gasteiger partial charge in [0, 0.05) is 28.4 Å². The SMILES string of the molecule is Cc1cc2c(cc1-c1ccccc1N(c1ccccc1C)C(C)C)-c1ccccc1C2(C)C. The lowest BCUT2D eigenvalue weighted by Gasteiger charge is -2.33. The highest BCUT2D eigenvalue weighted by Crippen LogP contribution is 2.51. The molecule has 0 saturated heterocycles. The molecule has 1 aliphatic carbocycles. The van der Waals surface area contributed by atoms with Gasteiger partial charge in [-0.25, -0.2) is 0 Å². The fourth-order valence-corrected chi connectivity index (χ4v) is 5.58. The van der Waals surface area contributed by atoms with Crippen molar-refractivity contribution in [1.82, 2.24) is 0 Å². The van der Waals surface area contributed by atoms with E-state index in [4.69, 9.17) is 0 Å². The summed E-state index contributed by atoms with van der Waals surface area (Å²) in [5.74, 6) is 0. The van der Waals surface area contributed by atoms with Gasteiger partial charge in [-0.05, 0) is 84.8 Å². The Hall–Kier alpha value is -3.32. The number of aryl methyl sites for hydroxylation is 2. The fourth-order valence-electron chi connectivity index (χ4n) is 5.58. The van der Waals surface area contributed by atoms with Crippen molar-refractivity contribution in [2.45, 2.75) is 53.0 Å². The molecule has 0 amide bonds. The lowest BCUT2D eigenvalue weighted by Crippen LogP contribution is -2.26. The Morgan fingerprint density at radius 3 is 1.88 bits per heavy atom. The van der Waals surface area contributed by atoms with E-state index in [1.807, 2.05) is 0 Å². The molecule has 1 nitrogen and oxygen atoms in total. The van der Waals surface area contributed by atoms with Gasteiger partial charge in [-0.3, -0.25) is 0 Å². The summed E-state index contributed by atoms with van der Waals surface area (Å²) >= 11 is 0. The van der Waals surface area contributed by atoms with Crippen LogP contribution in [0.1, 0.15) is 49.9 Å². The summed E-state index contributed by atoms with van der Waals surface area (Å²) in [4.78, 5) is 2.48. The molecule has 1 heteroatoms. The summed E-state index contributed by atoms with van der Waals surface area (Å²) in [7, 11) is 0. The molecular weight excluding hydrogens is 398 g/mol. The van der Waals surface area contributed by atoms with Crippen molar-refractivity contribution in [2.24, 2.45) is 0 Å². The van der Waals surface area contributed by atoms with Gasteiger partial charge in [0.15, 0.2) is 0 Å². The summed E-state index contributed by atoms with van der Waals surface area (Å²) in [5.41, 5.74) is 13.4. The van der Waals surface area contributed by atoms with E-state index in [2.05, 4.69) is 131 Å². The van der Waals surface area contributed by atoms with Gasteiger partial charge in [0.05, 0.1) is 0 Å². The van der Waals surface area contributed by atoms with Crippen molar-refractivity contribution >= 4 is 11.4 Å². The van der Waals surface area contributed by atoms with Gasteiger partial charge < -0.3 is 4.90 Å². The van der Waals surface area contributed by atoms with Crippen LogP contribution < -0.4 is 4.90 Å². The second-order valence-corrected chi connectivity index (χ2v) is 10.2. The molecule has 0 fully saturated rings. The van der Waals surface area contributed by atoms with Gasteiger partial charge in [0.2, 0.25) is 0 Å². The van der Waals surface area contributed by atoms with Gasteiger partial charge >= 0.3 is 0 Å². The number of anilines is 2. The van der Waals surface area contributed by atoms with E-state index in [9.17, 15) is 0 Å². The molecule has 0 saturated carbocycles. The first kappa shape index (κ1) is 21.5. The fraction of sp³-hybridized carbons (Fsp3) is 0.250. The first-order valence-electron chi connectivity index (χ1n) is 12.0. The van der Waals surface area contributed by atoms with Crippen LogP contribution in [0, 0.1) is 13.8 Å². The van der Waals surface area contributed by atoms with Crippen molar-refractivity contribution < 1.29 is 0 Å². The first-order chi connectivity index (χ1) is 15.8. The topological polar surface area (TPSA) is 3.24 Å². The van der Waals surface area contributed by atoms with Crippen molar-refractivity contribution in [3.8, 4) is 22.3 Å². The maximum absolute atomic E-state index is 2.48. The number of fused-ring (bicyclic) bond motifs is 3. The first-order valence-corrected chi connectivity index (χ1v) is 12.0. The summed E-state index contributed by atoms with van der Waals surface area (Å²) < 4.78 is 0. The zero-order chi connectivity index (χ0) is 23.3. The molecule has 0 bridgehead atoms. The van der Waals surface area contributed by atoms with Crippen LogP contribution in [-0.2, 0) is 5.41 Å². The molecule has 1 aliphatic rings. The zero-order valence-corrected chi connectivity index (χ0v) is 20.6. The van der Waals surface area contributed by atoms with Crippen LogP contribution in [0.25, 0.3) is 22.3 Å². The summed E-state index contributed by atoms with van der Waals surface area (Å²) in [5, 5.41) is 0. The monoisotopic (exact) mass is 431 g/mol. The van der Waals surface area contributed by atoms with Gasteiger partial charge in [0.1, 0.15) is 0 Å². The Balaban J connectivity index is 1.73. The van der Waals surface area contributed by atoms with E-state index < -0.39 is 0 Å². The lowest BCUT2D eigenvalue weighted by atomic mass is 9.81. The molecular formula is C32H33N. The van der Waals surface area contributed by atoms with Gasteiger partial charge in [-0.1, -0.05) is 80.6 Å². The Labute approximate surface area is 198 Å². The quantitative estimate of drug-likeness (QED) is 0.312. The van der Waals surface area contributed by atoms with Crippen LogP contribution in [-0.4, -0.2) is 6.04 Å². The summed E-state index contributed by atoms with van der Waals surface area (Å²) in [6.07, 6.45) is 0. The van der Waals surface area contributed by atoms with E-state index in [1.165, 1.54) is 55.9 Å². The van der Waals surface area contributed by atoms with Crippen molar-refractivity contribution in [2.75, 3.05) is 4.90 Å². The molecule has 166 valence electrons. The Bertz CT molecular complexity index is 1340. The Morgan fingerprint density at radius 1 is 0.576 bits per heavy atom. The zero-order valence-electron chi connectivity index (χ0n) is 20.6. The van der Waals surface area contributed by atoms with Crippen LogP contribution in [0.3, 0.4) is 0 Å². The largest absolute Gasteiger partial charge is 0.338 e. The van der Waals surface area contributed by atoms with E-state index in [0.29, 0.717) is 6.04 Å². The minimum Gasteiger partial charge on any atom is -0.338 e. The average Bonchev–Trinajstić information content (AvgIpc) is 3.02. The minimum absolute atomic E-state index is 0.0276. The van der Waals surface area contributed by atoms with Gasteiger partial charge in [-0.2, -0.15) is 0 Å². The third-order valence-electron chi connectivity index (χ3n) is 7.27. The molecule has 0 N–H and O–H groups in total. The number of nitrogens with zero attached hydrogens (tertiary/aromatic N) is 1. The Morgan fingerprint density at radius 2 is 1.18 bits per heavy atom. The number of para-hydroxylation sites is 2. The average molecular weight is 432 g/mol. The molecule has 4 aromatic rings. The van der Waals surface area contributed by atoms with Gasteiger partial charge in [-0.15, -0.1) is 0 Å². The normalized spacial score (nSPS) is 13.7. The number of hydrogen-bond acceptors (Lipinski definition) is 1. The molecule has 0 aliphatic heterocycles. The minimum atomic E-state index is 0.0276. The second-order valence-electron chi connectivity index (χ2n) is 10.2. The molecule has 0 atom stereocenters. The van der Waals surface area contributed by atoms with Crippen LogP contribution in [0.2, 0.25) is 0 Å². The van der Waals surface area contributed by atoms with Crippen LogP contribution in [0.4, 0.5) is 11.4 Å². The predicted octanol–water partition coefficient (Wildman–Crippen LogP) is 8.82. The second kappa shape index (κ2) is 7.92. The van der Waals surface area contributed by atoms with Crippen LogP contribution in [0.5, 0.6) is 0 Å². The highest BCUT2D eigenvalue weighted by Gasteiger charge is 2.35. The van der Waals surface area contributed by atoms with E-state index in [0.717, 1.165) is 0 Å². The highest BCUT2D eigenvalue weighted by molar-refractivity contribution is 5.90. The molecule has 0 unspecified atom stereocenters. The third-order valence-corrected chi connectivity index (χ3v) is 7.27. The van der Waals surface area contributed by atoms with E-state index in [-0.39, 0.29) is 5.41 Å². The Kier molecular flexibility index (Phi) is 5.16. The highest BCUT2D eigenvalue weighted by atomic mass is 15.2. The van der Waals surface area contributed by atoms with E-state index >= 15 is 0 Å². The predicted molar refractivity (Wildman–Crippen MR) is 143 cm³/mol. The number of hydrogen-bond donors (Lipinski definition) is 0. The smallest absolute Gasteiger partial charge is 0.0493 e. The van der Waals surface area contributed by atoms with Crippen molar-refractivity contribution in [3.05, 3.63) is 107 Å². The number of benzene rings is 4. The van der Waals surface area contributed by atoms with Crippen molar-refractivity contribution in [3.63, 3.8) is 0 Å². The standard InChI is InChI=1S/C32H33N/c1-21(2)33(30-17-11-7-13-22(30)3)31-18-12-9-15-25(31)26-20-27-24-14-8-10-16-28(24)32(5,6)29(27)19-23(26)4/h7-21H,1-6H3. The van der Waals surface area contributed by atoms with E-state index in [1.54, 1.807) is 0 Å².